The fraction of sp³-hybridized carbons (Fsp3) is 0.526. The molecule has 3 atom stereocenters. The summed E-state index contributed by atoms with van der Waals surface area (Å²) in [6.45, 7) is -0.463. The van der Waals surface area contributed by atoms with Gasteiger partial charge in [-0.1, -0.05) is 0 Å². The van der Waals surface area contributed by atoms with Crippen molar-refractivity contribution < 1.29 is 43.8 Å². The molecule has 0 heterocycles. The molecule has 0 radical (unpaired) electrons. The number of carbonyl (C=O) groups excluding carboxylic acids is 5. The highest BCUT2D eigenvalue weighted by Crippen LogP contribution is 2.05. The lowest BCUT2D eigenvalue weighted by molar-refractivity contribution is -0.142. The first-order chi connectivity index (χ1) is 15.9. The van der Waals surface area contributed by atoms with E-state index in [1.807, 2.05) is 0 Å². The second-order valence-electron chi connectivity index (χ2n) is 7.02. The van der Waals surface area contributed by atoms with Crippen LogP contribution in [0, 0.1) is 10.8 Å². The first kappa shape index (κ1) is 30.0. The molecule has 0 fully saturated rings. The van der Waals surface area contributed by atoms with Crippen LogP contribution in [0.1, 0.15) is 38.5 Å². The van der Waals surface area contributed by atoms with E-state index in [0.717, 1.165) is 0 Å². The van der Waals surface area contributed by atoms with Crippen LogP contribution >= 0.6 is 0 Å². The van der Waals surface area contributed by atoms with Gasteiger partial charge >= 0.3 is 11.9 Å². The van der Waals surface area contributed by atoms with Crippen molar-refractivity contribution in [2.75, 3.05) is 6.54 Å². The van der Waals surface area contributed by atoms with Crippen molar-refractivity contribution in [3.8, 4) is 0 Å². The third-order valence-corrected chi connectivity index (χ3v) is 4.43. The van der Waals surface area contributed by atoms with Gasteiger partial charge in [-0.2, -0.15) is 0 Å². The van der Waals surface area contributed by atoms with Crippen LogP contribution in [-0.2, 0) is 33.6 Å². The Morgan fingerprint density at radius 1 is 0.676 bits per heavy atom. The molecule has 0 aliphatic heterocycles. The number of rotatable bonds is 18. The van der Waals surface area contributed by atoms with Crippen molar-refractivity contribution >= 4 is 53.7 Å². The zero-order valence-corrected chi connectivity index (χ0v) is 18.2. The number of Topliss-reactive ketones (excluding diaryl/α,β-unsaturated/α-hetero) is 2. The van der Waals surface area contributed by atoms with E-state index >= 15 is 0 Å². The minimum Gasteiger partial charge on any atom is -0.480 e. The minimum absolute atomic E-state index is 0.288. The summed E-state index contributed by atoms with van der Waals surface area (Å²) in [6, 6.07) is -4.34. The van der Waals surface area contributed by atoms with E-state index in [1.165, 1.54) is 0 Å². The number of carbonyl (C=O) groups is 7. The van der Waals surface area contributed by atoms with Crippen molar-refractivity contribution in [1.82, 2.24) is 16.0 Å². The Morgan fingerprint density at radius 3 is 1.53 bits per heavy atom. The zero-order valence-electron chi connectivity index (χ0n) is 18.2. The van der Waals surface area contributed by atoms with Crippen LogP contribution in [-0.4, -0.2) is 88.5 Å². The number of carboxylic acid groups (broad SMARTS) is 2. The van der Waals surface area contributed by atoms with Gasteiger partial charge in [-0.3, -0.25) is 24.0 Å². The Hall–Kier alpha value is -4.01. The number of hydrogen-bond acceptors (Lipinski definition) is 10. The predicted octanol–water partition coefficient (Wildman–Crippen LogP) is -2.65. The average molecular weight is 484 g/mol. The van der Waals surface area contributed by atoms with Gasteiger partial charge in [0.2, 0.25) is 17.7 Å². The van der Waals surface area contributed by atoms with Crippen LogP contribution in [0.4, 0.5) is 0 Å². The molecule has 15 heteroatoms. The van der Waals surface area contributed by atoms with E-state index in [0.29, 0.717) is 12.4 Å². The van der Waals surface area contributed by atoms with Gasteiger partial charge in [-0.05, 0) is 19.3 Å². The van der Waals surface area contributed by atoms with Crippen molar-refractivity contribution in [2.45, 2.75) is 56.7 Å². The second-order valence-corrected chi connectivity index (χ2v) is 7.02. The van der Waals surface area contributed by atoms with Crippen molar-refractivity contribution in [2.24, 2.45) is 5.73 Å². The topological polar surface area (TPSA) is 270 Å². The largest absolute Gasteiger partial charge is 0.480 e. The Balaban J connectivity index is 5.27. The molecule has 0 aliphatic rings. The maximum absolute atomic E-state index is 12.6. The number of amides is 3. The molecule has 3 amide bonds. The van der Waals surface area contributed by atoms with Gasteiger partial charge < -0.3 is 42.7 Å². The van der Waals surface area contributed by atoms with Crippen molar-refractivity contribution in [3.05, 3.63) is 0 Å². The fourth-order valence-corrected chi connectivity index (χ4v) is 2.57. The SMILES string of the molecule is N=CC(=O)CCC(NC(=O)C(CCC(=O)C=N)NC(=O)CCC(NC(=O)CN)C(=O)O)C(=O)O. The summed E-state index contributed by atoms with van der Waals surface area (Å²) >= 11 is 0. The van der Waals surface area contributed by atoms with Gasteiger partial charge in [-0.15, -0.1) is 0 Å². The third-order valence-electron chi connectivity index (χ3n) is 4.43. The minimum atomic E-state index is -1.52. The summed E-state index contributed by atoms with van der Waals surface area (Å²) in [4.78, 5) is 81.5. The van der Waals surface area contributed by atoms with Gasteiger partial charge in [0.05, 0.1) is 19.0 Å². The first-order valence-electron chi connectivity index (χ1n) is 10.1. The molecule has 188 valence electrons. The molecule has 3 unspecified atom stereocenters. The van der Waals surface area contributed by atoms with Crippen LogP contribution in [0.3, 0.4) is 0 Å². The number of nitrogens with one attached hydrogen (secondary N) is 5. The molecule has 0 saturated heterocycles. The van der Waals surface area contributed by atoms with Crippen LogP contribution in [0.5, 0.6) is 0 Å². The van der Waals surface area contributed by atoms with Gasteiger partial charge in [0.15, 0.2) is 11.6 Å². The Kier molecular flexibility index (Phi) is 13.9. The quantitative estimate of drug-likeness (QED) is 0.0935. The van der Waals surface area contributed by atoms with E-state index in [4.69, 9.17) is 21.7 Å². The molecule has 15 nitrogen and oxygen atoms in total. The Morgan fingerprint density at radius 2 is 1.09 bits per heavy atom. The lowest BCUT2D eigenvalue weighted by Gasteiger charge is -2.21. The molecule has 0 aromatic rings. The molecule has 0 aromatic heterocycles. The standard InChI is InChI=1S/C19H28N6O9/c20-7-10(26)1-3-12(17(30)25-14(19(33)34)4-2-11(27)8-21)23-15(28)6-5-13(18(31)32)24-16(29)9-22/h7-8,12-14,20-21H,1-6,9,22H2,(H,23,28)(H,24,29)(H,25,30)(H,31,32)(H,33,34). The Bertz CT molecular complexity index is 829. The summed E-state index contributed by atoms with van der Waals surface area (Å²) in [7, 11) is 0. The number of carboxylic acids is 2. The number of ketones is 2. The van der Waals surface area contributed by atoms with Crippen molar-refractivity contribution in [3.63, 3.8) is 0 Å². The molecular weight excluding hydrogens is 456 g/mol. The average Bonchev–Trinajstić information content (AvgIpc) is 2.80. The summed E-state index contributed by atoms with van der Waals surface area (Å²) < 4.78 is 0. The lowest BCUT2D eigenvalue weighted by Crippen LogP contribution is -2.52. The molecule has 0 rings (SSSR count). The summed E-state index contributed by atoms with van der Waals surface area (Å²) in [6.07, 6.45) is -1.03. The number of aliphatic carboxylic acids is 2. The number of hydrogen-bond donors (Lipinski definition) is 8. The van der Waals surface area contributed by atoms with Gasteiger partial charge in [0, 0.05) is 19.3 Å². The maximum atomic E-state index is 12.6. The smallest absolute Gasteiger partial charge is 0.326 e. The van der Waals surface area contributed by atoms with Crippen molar-refractivity contribution in [1.29, 1.82) is 10.8 Å². The molecule has 0 bridgehead atoms. The van der Waals surface area contributed by atoms with E-state index in [9.17, 15) is 38.7 Å². The fourth-order valence-electron chi connectivity index (χ4n) is 2.57. The maximum Gasteiger partial charge on any atom is 0.326 e. The highest BCUT2D eigenvalue weighted by molar-refractivity contribution is 6.26. The molecule has 0 aliphatic carbocycles. The zero-order chi connectivity index (χ0) is 26.3. The van der Waals surface area contributed by atoms with Gasteiger partial charge in [0.1, 0.15) is 18.1 Å². The highest BCUT2D eigenvalue weighted by Gasteiger charge is 2.28. The van der Waals surface area contributed by atoms with Gasteiger partial charge in [-0.25, -0.2) is 9.59 Å². The predicted molar refractivity (Wildman–Crippen MR) is 115 cm³/mol. The Labute approximate surface area is 193 Å². The number of nitrogens with two attached hydrogens (primary N) is 1. The highest BCUT2D eigenvalue weighted by atomic mass is 16.4. The van der Waals surface area contributed by atoms with Crippen LogP contribution < -0.4 is 21.7 Å². The summed E-state index contributed by atoms with van der Waals surface area (Å²) in [5.41, 5.74) is 5.11. The molecule has 34 heavy (non-hydrogen) atoms. The molecular formula is C19H28N6O9. The third kappa shape index (κ3) is 12.1. The molecule has 0 saturated carbocycles. The van der Waals surface area contributed by atoms with E-state index in [-0.39, 0.29) is 32.1 Å². The second kappa shape index (κ2) is 15.7. The van der Waals surface area contributed by atoms with Crippen LogP contribution in [0.25, 0.3) is 0 Å². The monoisotopic (exact) mass is 484 g/mol. The molecule has 9 N–H and O–H groups in total. The molecule has 0 aromatic carbocycles. The van der Waals surface area contributed by atoms with E-state index < -0.39 is 72.3 Å². The summed E-state index contributed by atoms with van der Waals surface area (Å²) in [5, 5.41) is 38.7. The van der Waals surface area contributed by atoms with E-state index in [1.54, 1.807) is 0 Å². The first-order valence-corrected chi connectivity index (χ1v) is 10.1. The van der Waals surface area contributed by atoms with E-state index in [2.05, 4.69) is 16.0 Å². The van der Waals surface area contributed by atoms with Crippen LogP contribution in [0.15, 0.2) is 0 Å². The normalized spacial score (nSPS) is 12.9. The van der Waals surface area contributed by atoms with Crippen LogP contribution in [0.2, 0.25) is 0 Å². The lowest BCUT2D eigenvalue weighted by atomic mass is 10.0. The molecule has 0 spiro atoms. The summed E-state index contributed by atoms with van der Waals surface area (Å²) in [5.74, 6) is -6.74. The van der Waals surface area contributed by atoms with Gasteiger partial charge in [0.25, 0.3) is 0 Å².